The van der Waals surface area contributed by atoms with E-state index in [-0.39, 0.29) is 5.56 Å². The summed E-state index contributed by atoms with van der Waals surface area (Å²) in [7, 11) is 0. The van der Waals surface area contributed by atoms with Crippen molar-refractivity contribution in [3.63, 3.8) is 0 Å². The van der Waals surface area contributed by atoms with Crippen LogP contribution in [0.15, 0.2) is 29.0 Å². The van der Waals surface area contributed by atoms with Crippen molar-refractivity contribution in [1.29, 1.82) is 0 Å². The summed E-state index contributed by atoms with van der Waals surface area (Å²) < 4.78 is 2.36. The van der Waals surface area contributed by atoms with Crippen LogP contribution in [0.25, 0.3) is 5.69 Å². The van der Waals surface area contributed by atoms with E-state index in [1.807, 2.05) is 0 Å². The van der Waals surface area contributed by atoms with Gasteiger partial charge in [-0.05, 0) is 25.1 Å². The zero-order valence-electron chi connectivity index (χ0n) is 8.38. The summed E-state index contributed by atoms with van der Waals surface area (Å²) in [6.45, 7) is 1.76. The average Bonchev–Trinajstić information content (AvgIpc) is 2.64. The normalized spacial score (nSPS) is 10.4. The van der Waals surface area contributed by atoms with Crippen LogP contribution in [0.2, 0.25) is 0 Å². The van der Waals surface area contributed by atoms with E-state index in [9.17, 15) is 4.79 Å². The highest BCUT2D eigenvalue weighted by Gasteiger charge is 2.13. The minimum Gasteiger partial charge on any atom is -0.478 e. The third-order valence-electron chi connectivity index (χ3n) is 2.17. The van der Waals surface area contributed by atoms with Crippen LogP contribution < -0.4 is 0 Å². The Morgan fingerprint density at radius 3 is 2.81 bits per heavy atom. The van der Waals surface area contributed by atoms with Gasteiger partial charge >= 0.3 is 5.97 Å². The number of aromatic carboxylic acids is 1. The average molecular weight is 282 g/mol. The summed E-state index contributed by atoms with van der Waals surface area (Å²) in [5.41, 5.74) is 0.760. The van der Waals surface area contributed by atoms with E-state index in [1.54, 1.807) is 29.7 Å². The molecule has 2 aromatic rings. The second-order valence-electron chi connectivity index (χ2n) is 3.21. The summed E-state index contributed by atoms with van der Waals surface area (Å²) in [4.78, 5) is 11.1. The number of rotatable bonds is 2. The Kier molecular flexibility index (Phi) is 2.74. The van der Waals surface area contributed by atoms with Gasteiger partial charge in [0, 0.05) is 4.47 Å². The monoisotopic (exact) mass is 281 g/mol. The van der Waals surface area contributed by atoms with E-state index in [4.69, 9.17) is 5.11 Å². The summed E-state index contributed by atoms with van der Waals surface area (Å²) in [5, 5.41) is 16.7. The van der Waals surface area contributed by atoms with Gasteiger partial charge in [0.2, 0.25) is 0 Å². The highest BCUT2D eigenvalue weighted by molar-refractivity contribution is 9.10. The van der Waals surface area contributed by atoms with E-state index in [2.05, 4.69) is 26.1 Å². The number of aromatic nitrogens is 3. The van der Waals surface area contributed by atoms with Gasteiger partial charge in [-0.3, -0.25) is 4.57 Å². The number of hydrogen-bond acceptors (Lipinski definition) is 3. The zero-order valence-corrected chi connectivity index (χ0v) is 9.97. The molecule has 1 heterocycles. The molecule has 0 aliphatic heterocycles. The number of nitrogens with zero attached hydrogens (tertiary/aromatic N) is 3. The second-order valence-corrected chi connectivity index (χ2v) is 4.13. The Morgan fingerprint density at radius 1 is 1.50 bits per heavy atom. The topological polar surface area (TPSA) is 68.0 Å². The molecule has 16 heavy (non-hydrogen) atoms. The number of carboxylic acids is 1. The molecule has 0 aliphatic rings. The first kappa shape index (κ1) is 10.8. The first-order chi connectivity index (χ1) is 7.59. The molecular formula is C10H8BrN3O2. The lowest BCUT2D eigenvalue weighted by atomic mass is 10.2. The molecule has 0 saturated carbocycles. The molecule has 5 nitrogen and oxygen atoms in total. The predicted octanol–water partition coefficient (Wildman–Crippen LogP) is 2.04. The first-order valence-corrected chi connectivity index (χ1v) is 5.28. The van der Waals surface area contributed by atoms with Gasteiger partial charge in [-0.15, -0.1) is 10.2 Å². The molecule has 1 aromatic heterocycles. The molecule has 2 rings (SSSR count). The van der Waals surface area contributed by atoms with Gasteiger partial charge in [-0.1, -0.05) is 15.9 Å². The Labute approximate surface area is 99.9 Å². The highest BCUT2D eigenvalue weighted by atomic mass is 79.9. The van der Waals surface area contributed by atoms with Crippen molar-refractivity contribution in [2.24, 2.45) is 0 Å². The molecule has 0 aliphatic carbocycles. The van der Waals surface area contributed by atoms with E-state index in [0.29, 0.717) is 11.5 Å². The molecule has 0 radical (unpaired) electrons. The lowest BCUT2D eigenvalue weighted by Crippen LogP contribution is -2.06. The van der Waals surface area contributed by atoms with Crippen LogP contribution in [-0.2, 0) is 0 Å². The number of benzene rings is 1. The van der Waals surface area contributed by atoms with E-state index < -0.39 is 5.97 Å². The molecule has 0 saturated heterocycles. The fourth-order valence-electron chi connectivity index (χ4n) is 1.42. The summed E-state index contributed by atoms with van der Waals surface area (Å²) in [6.07, 6.45) is 1.49. The number of hydrogen-bond donors (Lipinski definition) is 1. The molecule has 6 heteroatoms. The third-order valence-corrected chi connectivity index (χ3v) is 2.66. The van der Waals surface area contributed by atoms with Crippen molar-refractivity contribution in [1.82, 2.24) is 14.8 Å². The smallest absolute Gasteiger partial charge is 0.337 e. The first-order valence-electron chi connectivity index (χ1n) is 4.49. The molecule has 1 aromatic carbocycles. The summed E-state index contributed by atoms with van der Waals surface area (Å²) >= 11 is 3.24. The van der Waals surface area contributed by atoms with Crippen LogP contribution in [0.1, 0.15) is 16.2 Å². The Balaban J connectivity index is 2.65. The molecule has 0 fully saturated rings. The summed E-state index contributed by atoms with van der Waals surface area (Å²) in [5.74, 6) is -0.339. The van der Waals surface area contributed by atoms with Gasteiger partial charge in [0.05, 0.1) is 11.3 Å². The van der Waals surface area contributed by atoms with Crippen molar-refractivity contribution in [2.75, 3.05) is 0 Å². The minimum atomic E-state index is -0.982. The molecule has 1 N–H and O–H groups in total. The van der Waals surface area contributed by atoms with Crippen molar-refractivity contribution in [3.8, 4) is 5.69 Å². The quantitative estimate of drug-likeness (QED) is 0.915. The lowest BCUT2D eigenvalue weighted by molar-refractivity contribution is 0.0697. The Hall–Kier alpha value is -1.69. The maximum Gasteiger partial charge on any atom is 0.337 e. The number of carboxylic acid groups (broad SMARTS) is 1. The van der Waals surface area contributed by atoms with Gasteiger partial charge in [0.1, 0.15) is 12.2 Å². The lowest BCUT2D eigenvalue weighted by Gasteiger charge is -2.08. The van der Waals surface area contributed by atoms with E-state index >= 15 is 0 Å². The van der Waals surface area contributed by atoms with Gasteiger partial charge in [0.15, 0.2) is 0 Å². The molecule has 0 bridgehead atoms. The minimum absolute atomic E-state index is 0.206. The van der Waals surface area contributed by atoms with Crippen molar-refractivity contribution in [2.45, 2.75) is 6.92 Å². The fraction of sp³-hybridized carbons (Fsp3) is 0.100. The van der Waals surface area contributed by atoms with Crippen LogP contribution in [0.4, 0.5) is 0 Å². The van der Waals surface area contributed by atoms with Crippen LogP contribution in [0, 0.1) is 6.92 Å². The zero-order chi connectivity index (χ0) is 11.7. The maximum atomic E-state index is 11.1. The second kappa shape index (κ2) is 4.05. The Morgan fingerprint density at radius 2 is 2.25 bits per heavy atom. The van der Waals surface area contributed by atoms with Crippen LogP contribution in [0.5, 0.6) is 0 Å². The maximum absolute atomic E-state index is 11.1. The van der Waals surface area contributed by atoms with Gasteiger partial charge in [-0.25, -0.2) is 4.79 Å². The highest BCUT2D eigenvalue weighted by Crippen LogP contribution is 2.20. The predicted molar refractivity (Wildman–Crippen MR) is 60.8 cm³/mol. The van der Waals surface area contributed by atoms with E-state index in [0.717, 1.165) is 4.47 Å². The Bertz CT molecular complexity index is 551. The van der Waals surface area contributed by atoms with Crippen LogP contribution in [0.3, 0.4) is 0 Å². The molecule has 0 atom stereocenters. The third kappa shape index (κ3) is 1.83. The van der Waals surface area contributed by atoms with Crippen LogP contribution in [-0.4, -0.2) is 25.8 Å². The fourth-order valence-corrected chi connectivity index (χ4v) is 1.78. The standard InChI is InChI=1S/C10H8BrN3O2/c1-6-13-12-5-14(6)9-3-2-7(11)4-8(9)10(15)16/h2-5H,1H3,(H,15,16). The van der Waals surface area contributed by atoms with Crippen LogP contribution >= 0.6 is 15.9 Å². The van der Waals surface area contributed by atoms with Crippen molar-refractivity contribution >= 4 is 21.9 Å². The largest absolute Gasteiger partial charge is 0.478 e. The van der Waals surface area contributed by atoms with E-state index in [1.165, 1.54) is 6.33 Å². The number of carbonyl (C=O) groups is 1. The number of aryl methyl sites for hydroxylation is 1. The van der Waals surface area contributed by atoms with Crippen molar-refractivity contribution < 1.29 is 9.90 Å². The molecule has 82 valence electrons. The van der Waals surface area contributed by atoms with Gasteiger partial charge in [-0.2, -0.15) is 0 Å². The van der Waals surface area contributed by atoms with Crippen molar-refractivity contribution in [3.05, 3.63) is 40.4 Å². The molecular weight excluding hydrogens is 274 g/mol. The molecule has 0 amide bonds. The summed E-state index contributed by atoms with van der Waals surface area (Å²) in [6, 6.07) is 5.04. The molecule has 0 unspecified atom stereocenters. The number of halogens is 1. The van der Waals surface area contributed by atoms with Gasteiger partial charge in [0.25, 0.3) is 0 Å². The van der Waals surface area contributed by atoms with Gasteiger partial charge < -0.3 is 5.11 Å². The molecule has 0 spiro atoms. The SMILES string of the molecule is Cc1nncn1-c1ccc(Br)cc1C(=O)O.